The zero-order valence-electron chi connectivity index (χ0n) is 12.2. The first-order valence-electron chi connectivity index (χ1n) is 6.72. The lowest BCUT2D eigenvalue weighted by Crippen LogP contribution is -2.31. The molecule has 0 atom stereocenters. The molecule has 0 spiro atoms. The molecule has 21 heavy (non-hydrogen) atoms. The van der Waals surface area contributed by atoms with Crippen molar-refractivity contribution >= 4 is 12.0 Å². The van der Waals surface area contributed by atoms with Gasteiger partial charge in [-0.3, -0.25) is 0 Å². The molecule has 1 aromatic heterocycles. The van der Waals surface area contributed by atoms with Crippen molar-refractivity contribution in [1.82, 2.24) is 25.2 Å². The van der Waals surface area contributed by atoms with Crippen LogP contribution in [0.15, 0.2) is 0 Å². The standard InChI is InChI=1S/C12H19N5O4/c1-9-10(11(18)21-8-7-20-2)14-15-17(9)6-5-16-4-3-13-12(16)19/h3-8H2,1-2H3,(H,13,19). The van der Waals surface area contributed by atoms with Crippen LogP contribution in [0.2, 0.25) is 0 Å². The summed E-state index contributed by atoms with van der Waals surface area (Å²) in [5, 5.41) is 10.5. The smallest absolute Gasteiger partial charge is 0.360 e. The van der Waals surface area contributed by atoms with E-state index in [2.05, 4.69) is 15.6 Å². The Morgan fingerprint density at radius 2 is 2.19 bits per heavy atom. The number of aromatic nitrogens is 3. The Labute approximate surface area is 122 Å². The maximum absolute atomic E-state index is 11.8. The fourth-order valence-corrected chi connectivity index (χ4v) is 1.99. The number of hydrogen-bond donors (Lipinski definition) is 1. The molecule has 0 bridgehead atoms. The predicted octanol–water partition coefficient (Wildman–Crippen LogP) is -0.585. The van der Waals surface area contributed by atoms with E-state index in [0.29, 0.717) is 38.5 Å². The third-order valence-corrected chi connectivity index (χ3v) is 3.22. The highest BCUT2D eigenvalue weighted by Gasteiger charge is 2.21. The minimum atomic E-state index is -0.519. The lowest BCUT2D eigenvalue weighted by molar-refractivity contribution is 0.0380. The van der Waals surface area contributed by atoms with E-state index in [0.717, 1.165) is 0 Å². The fourth-order valence-electron chi connectivity index (χ4n) is 1.99. The summed E-state index contributed by atoms with van der Waals surface area (Å²) in [6.45, 7) is 4.60. The Balaban J connectivity index is 1.90. The van der Waals surface area contributed by atoms with Crippen LogP contribution in [0, 0.1) is 6.92 Å². The molecule has 2 rings (SSSR count). The van der Waals surface area contributed by atoms with Crippen molar-refractivity contribution in [2.75, 3.05) is 40.0 Å². The second-order valence-corrected chi connectivity index (χ2v) is 4.59. The number of nitrogens with one attached hydrogen (secondary N) is 1. The lowest BCUT2D eigenvalue weighted by Gasteiger charge is -2.13. The van der Waals surface area contributed by atoms with Gasteiger partial charge in [0.25, 0.3) is 0 Å². The van der Waals surface area contributed by atoms with Crippen LogP contribution in [0.25, 0.3) is 0 Å². The monoisotopic (exact) mass is 297 g/mol. The van der Waals surface area contributed by atoms with Crippen molar-refractivity contribution in [1.29, 1.82) is 0 Å². The van der Waals surface area contributed by atoms with Crippen LogP contribution in [0.5, 0.6) is 0 Å². The van der Waals surface area contributed by atoms with Gasteiger partial charge in [-0.15, -0.1) is 5.10 Å². The first kappa shape index (κ1) is 15.2. The van der Waals surface area contributed by atoms with Crippen molar-refractivity contribution in [3.8, 4) is 0 Å². The van der Waals surface area contributed by atoms with Gasteiger partial charge < -0.3 is 19.7 Å². The van der Waals surface area contributed by atoms with Gasteiger partial charge in [0.15, 0.2) is 5.69 Å². The van der Waals surface area contributed by atoms with Gasteiger partial charge in [-0.1, -0.05) is 5.21 Å². The van der Waals surface area contributed by atoms with Crippen molar-refractivity contribution in [2.24, 2.45) is 0 Å². The Kier molecular flexibility index (Phi) is 5.09. The summed E-state index contributed by atoms with van der Waals surface area (Å²) >= 11 is 0. The Morgan fingerprint density at radius 1 is 1.38 bits per heavy atom. The van der Waals surface area contributed by atoms with Crippen molar-refractivity contribution in [3.63, 3.8) is 0 Å². The molecule has 9 nitrogen and oxygen atoms in total. The molecular weight excluding hydrogens is 278 g/mol. The second kappa shape index (κ2) is 7.02. The highest BCUT2D eigenvalue weighted by Crippen LogP contribution is 2.06. The fraction of sp³-hybridized carbons (Fsp3) is 0.667. The number of rotatable bonds is 7. The molecule has 0 aromatic carbocycles. The second-order valence-electron chi connectivity index (χ2n) is 4.59. The number of nitrogens with zero attached hydrogens (tertiary/aromatic N) is 4. The quantitative estimate of drug-likeness (QED) is 0.534. The normalized spacial score (nSPS) is 14.4. The van der Waals surface area contributed by atoms with E-state index < -0.39 is 5.97 Å². The molecule has 0 saturated carbocycles. The maximum atomic E-state index is 11.8. The minimum absolute atomic E-state index is 0.0769. The van der Waals surface area contributed by atoms with Crippen molar-refractivity contribution in [2.45, 2.75) is 13.5 Å². The molecule has 0 aliphatic carbocycles. The Bertz CT molecular complexity index is 516. The van der Waals surface area contributed by atoms with E-state index >= 15 is 0 Å². The van der Waals surface area contributed by atoms with E-state index in [9.17, 15) is 9.59 Å². The number of esters is 1. The molecule has 1 fully saturated rings. The van der Waals surface area contributed by atoms with E-state index in [1.807, 2.05) is 0 Å². The number of ether oxygens (including phenoxy) is 2. The SMILES string of the molecule is COCCOC(=O)c1nnn(CCN2CCNC2=O)c1C. The Hall–Kier alpha value is -2.16. The number of carbonyl (C=O) groups is 2. The molecule has 1 aliphatic heterocycles. The van der Waals surface area contributed by atoms with Crippen molar-refractivity contribution < 1.29 is 19.1 Å². The molecule has 1 aromatic rings. The van der Waals surface area contributed by atoms with Gasteiger partial charge in [0.05, 0.1) is 18.8 Å². The number of carbonyl (C=O) groups excluding carboxylic acids is 2. The van der Waals surface area contributed by atoms with Gasteiger partial charge in [0.1, 0.15) is 6.61 Å². The molecule has 9 heteroatoms. The number of urea groups is 1. The summed E-state index contributed by atoms with van der Waals surface area (Å²) in [6.07, 6.45) is 0. The molecule has 2 amide bonds. The predicted molar refractivity (Wildman–Crippen MR) is 71.9 cm³/mol. The zero-order chi connectivity index (χ0) is 15.2. The highest BCUT2D eigenvalue weighted by atomic mass is 16.6. The third kappa shape index (κ3) is 3.69. The van der Waals surface area contributed by atoms with Gasteiger partial charge in [-0.05, 0) is 6.92 Å². The van der Waals surface area contributed by atoms with Crippen LogP contribution in [-0.2, 0) is 16.0 Å². The van der Waals surface area contributed by atoms with Gasteiger partial charge in [-0.25, -0.2) is 14.3 Å². The van der Waals surface area contributed by atoms with Crippen molar-refractivity contribution in [3.05, 3.63) is 11.4 Å². The molecule has 2 heterocycles. The van der Waals surface area contributed by atoms with Crippen LogP contribution >= 0.6 is 0 Å². The van der Waals surface area contributed by atoms with Gasteiger partial charge in [0.2, 0.25) is 0 Å². The molecular formula is C12H19N5O4. The topological polar surface area (TPSA) is 98.6 Å². The maximum Gasteiger partial charge on any atom is 0.360 e. The van der Waals surface area contributed by atoms with Crippen LogP contribution < -0.4 is 5.32 Å². The average Bonchev–Trinajstić information content (AvgIpc) is 3.03. The minimum Gasteiger partial charge on any atom is -0.458 e. The summed E-state index contributed by atoms with van der Waals surface area (Å²) in [6, 6.07) is -0.0769. The zero-order valence-corrected chi connectivity index (χ0v) is 12.2. The third-order valence-electron chi connectivity index (χ3n) is 3.22. The molecule has 1 N–H and O–H groups in total. The molecule has 1 aliphatic rings. The van der Waals surface area contributed by atoms with Gasteiger partial charge in [0, 0.05) is 26.7 Å². The number of hydrogen-bond acceptors (Lipinski definition) is 6. The molecule has 0 radical (unpaired) electrons. The van der Waals surface area contributed by atoms with E-state index in [-0.39, 0.29) is 18.3 Å². The Morgan fingerprint density at radius 3 is 2.86 bits per heavy atom. The van der Waals surface area contributed by atoms with Crippen LogP contribution in [0.4, 0.5) is 4.79 Å². The van der Waals surface area contributed by atoms with Gasteiger partial charge in [-0.2, -0.15) is 0 Å². The van der Waals surface area contributed by atoms with E-state index in [1.54, 1.807) is 16.5 Å². The average molecular weight is 297 g/mol. The summed E-state index contributed by atoms with van der Waals surface area (Å²) in [5.41, 5.74) is 0.814. The van der Waals surface area contributed by atoms with E-state index in [1.165, 1.54) is 7.11 Å². The molecule has 0 unspecified atom stereocenters. The number of methoxy groups -OCH3 is 1. The molecule has 1 saturated heterocycles. The summed E-state index contributed by atoms with van der Waals surface area (Å²) < 4.78 is 11.4. The van der Waals surface area contributed by atoms with E-state index in [4.69, 9.17) is 9.47 Å². The highest BCUT2D eigenvalue weighted by molar-refractivity contribution is 5.88. The first-order chi connectivity index (χ1) is 10.1. The summed E-state index contributed by atoms with van der Waals surface area (Å²) in [4.78, 5) is 24.9. The first-order valence-corrected chi connectivity index (χ1v) is 6.72. The summed E-state index contributed by atoms with van der Waals surface area (Å²) in [5.74, 6) is -0.519. The van der Waals surface area contributed by atoms with Crippen LogP contribution in [0.3, 0.4) is 0 Å². The lowest BCUT2D eigenvalue weighted by atomic mass is 10.3. The summed E-state index contributed by atoms with van der Waals surface area (Å²) in [7, 11) is 1.53. The van der Waals surface area contributed by atoms with Crippen LogP contribution in [0.1, 0.15) is 16.2 Å². The van der Waals surface area contributed by atoms with Gasteiger partial charge >= 0.3 is 12.0 Å². The largest absolute Gasteiger partial charge is 0.458 e. The number of amides is 2. The van der Waals surface area contributed by atoms with Crippen LogP contribution in [-0.4, -0.2) is 71.9 Å². The molecule has 116 valence electrons.